The van der Waals surface area contributed by atoms with E-state index in [2.05, 4.69) is 15.2 Å². The summed E-state index contributed by atoms with van der Waals surface area (Å²) in [5, 5.41) is 10.6. The Kier molecular flexibility index (Phi) is 2.89. The van der Waals surface area contributed by atoms with Gasteiger partial charge in [0.2, 0.25) is 5.82 Å². The highest BCUT2D eigenvalue weighted by atomic mass is 35.5. The van der Waals surface area contributed by atoms with Gasteiger partial charge in [-0.25, -0.2) is 0 Å². The van der Waals surface area contributed by atoms with Crippen molar-refractivity contribution >= 4 is 22.9 Å². The summed E-state index contributed by atoms with van der Waals surface area (Å²) >= 11 is 7.64. The molecule has 3 heterocycles. The van der Waals surface area contributed by atoms with Gasteiger partial charge < -0.3 is 4.52 Å². The Morgan fingerprint density at radius 3 is 3.11 bits per heavy atom. The standard InChI is InChI=1S/C11H9ClN4OS/c1-2-16-9(7(12)6-13-16)11-14-10(15-17-11)8-4-3-5-18-8/h3-6H,2H2,1H3. The Hall–Kier alpha value is -1.66. The molecule has 0 amide bonds. The molecule has 92 valence electrons. The van der Waals surface area contributed by atoms with Crippen molar-refractivity contribution in [2.75, 3.05) is 0 Å². The highest BCUT2D eigenvalue weighted by Gasteiger charge is 2.18. The number of halogens is 1. The fourth-order valence-corrected chi connectivity index (χ4v) is 2.51. The molecule has 0 aliphatic carbocycles. The molecule has 0 aliphatic rings. The smallest absolute Gasteiger partial charge is 0.278 e. The third-order valence-electron chi connectivity index (χ3n) is 2.46. The summed E-state index contributed by atoms with van der Waals surface area (Å²) in [7, 11) is 0. The molecular weight excluding hydrogens is 272 g/mol. The first-order chi connectivity index (χ1) is 8.79. The molecule has 0 aliphatic heterocycles. The molecule has 0 bridgehead atoms. The first-order valence-electron chi connectivity index (χ1n) is 5.39. The molecule has 0 spiro atoms. The fraction of sp³-hybridized carbons (Fsp3) is 0.182. The molecule has 0 radical (unpaired) electrons. The van der Waals surface area contributed by atoms with E-state index in [9.17, 15) is 0 Å². The van der Waals surface area contributed by atoms with Gasteiger partial charge in [0.05, 0.1) is 16.1 Å². The first-order valence-corrected chi connectivity index (χ1v) is 6.64. The predicted molar refractivity (Wildman–Crippen MR) is 69.5 cm³/mol. The largest absolute Gasteiger partial charge is 0.332 e. The Balaban J connectivity index is 2.05. The zero-order valence-electron chi connectivity index (χ0n) is 9.50. The molecule has 0 saturated heterocycles. The number of aryl methyl sites for hydroxylation is 1. The van der Waals surface area contributed by atoms with Gasteiger partial charge >= 0.3 is 0 Å². The highest BCUT2D eigenvalue weighted by molar-refractivity contribution is 7.13. The molecule has 7 heteroatoms. The van der Waals surface area contributed by atoms with Crippen LogP contribution in [-0.2, 0) is 6.54 Å². The van der Waals surface area contributed by atoms with Crippen LogP contribution in [0.25, 0.3) is 22.3 Å². The lowest BCUT2D eigenvalue weighted by Crippen LogP contribution is -1.99. The summed E-state index contributed by atoms with van der Waals surface area (Å²) in [5.41, 5.74) is 0.662. The van der Waals surface area contributed by atoms with Crippen molar-refractivity contribution < 1.29 is 4.52 Å². The second-order valence-corrected chi connectivity index (χ2v) is 4.91. The molecule has 18 heavy (non-hydrogen) atoms. The van der Waals surface area contributed by atoms with Crippen LogP contribution in [0.15, 0.2) is 28.2 Å². The van der Waals surface area contributed by atoms with E-state index in [-0.39, 0.29) is 0 Å². The molecular formula is C11H9ClN4OS. The van der Waals surface area contributed by atoms with Crippen molar-refractivity contribution in [1.82, 2.24) is 19.9 Å². The number of aromatic nitrogens is 4. The van der Waals surface area contributed by atoms with Crippen LogP contribution in [0, 0.1) is 0 Å². The van der Waals surface area contributed by atoms with Gasteiger partial charge in [-0.3, -0.25) is 4.68 Å². The van der Waals surface area contributed by atoms with Crippen LogP contribution in [0.4, 0.5) is 0 Å². The lowest BCUT2D eigenvalue weighted by Gasteiger charge is -1.98. The molecule has 0 fully saturated rings. The van der Waals surface area contributed by atoms with Gasteiger partial charge in [0, 0.05) is 6.54 Å². The van der Waals surface area contributed by atoms with E-state index < -0.39 is 0 Å². The number of thiophene rings is 1. The van der Waals surface area contributed by atoms with Crippen LogP contribution in [0.5, 0.6) is 0 Å². The molecule has 0 atom stereocenters. The van der Waals surface area contributed by atoms with E-state index in [4.69, 9.17) is 16.1 Å². The summed E-state index contributed by atoms with van der Waals surface area (Å²) < 4.78 is 6.99. The normalized spacial score (nSPS) is 11.0. The van der Waals surface area contributed by atoms with Crippen molar-refractivity contribution in [1.29, 1.82) is 0 Å². The number of rotatable bonds is 3. The zero-order chi connectivity index (χ0) is 12.5. The van der Waals surface area contributed by atoms with Gasteiger partial charge in [0.25, 0.3) is 5.89 Å². The van der Waals surface area contributed by atoms with Crippen molar-refractivity contribution in [3.05, 3.63) is 28.7 Å². The summed E-state index contributed by atoms with van der Waals surface area (Å²) in [5.74, 6) is 0.961. The van der Waals surface area contributed by atoms with Gasteiger partial charge in [-0.05, 0) is 18.4 Å². The molecule has 3 aromatic heterocycles. The van der Waals surface area contributed by atoms with Crippen molar-refractivity contribution in [2.24, 2.45) is 0 Å². The molecule has 0 saturated carbocycles. The quantitative estimate of drug-likeness (QED) is 0.738. The molecule has 0 aromatic carbocycles. The summed E-state index contributed by atoms with van der Waals surface area (Å²) in [6.07, 6.45) is 1.58. The monoisotopic (exact) mass is 280 g/mol. The molecule has 3 aromatic rings. The van der Waals surface area contributed by atoms with Gasteiger partial charge in [-0.15, -0.1) is 11.3 Å². The number of nitrogens with zero attached hydrogens (tertiary/aromatic N) is 4. The van der Waals surface area contributed by atoms with Crippen LogP contribution >= 0.6 is 22.9 Å². The zero-order valence-corrected chi connectivity index (χ0v) is 11.1. The maximum atomic E-state index is 6.08. The van der Waals surface area contributed by atoms with Crippen molar-refractivity contribution in [3.8, 4) is 22.3 Å². The first kappa shape index (κ1) is 11.4. The molecule has 5 nitrogen and oxygen atoms in total. The predicted octanol–water partition coefficient (Wildman–Crippen LogP) is 3.33. The van der Waals surface area contributed by atoms with E-state index >= 15 is 0 Å². The topological polar surface area (TPSA) is 56.7 Å². The molecule has 0 unspecified atom stereocenters. The number of hydrogen-bond acceptors (Lipinski definition) is 5. The van der Waals surface area contributed by atoms with E-state index in [1.54, 1.807) is 22.2 Å². The lowest BCUT2D eigenvalue weighted by atomic mass is 10.4. The minimum atomic E-state index is 0.391. The van der Waals surface area contributed by atoms with Crippen molar-refractivity contribution in [3.63, 3.8) is 0 Å². The summed E-state index contributed by atoms with van der Waals surface area (Å²) in [4.78, 5) is 5.31. The Bertz CT molecular complexity index is 658. The second-order valence-electron chi connectivity index (χ2n) is 3.56. The van der Waals surface area contributed by atoms with Gasteiger partial charge in [0.1, 0.15) is 5.69 Å². The van der Waals surface area contributed by atoms with Crippen LogP contribution < -0.4 is 0 Å². The SMILES string of the molecule is CCn1ncc(Cl)c1-c1nc(-c2cccs2)no1. The third-order valence-corrected chi connectivity index (χ3v) is 3.61. The average molecular weight is 281 g/mol. The van der Waals surface area contributed by atoms with Crippen LogP contribution in [0.3, 0.4) is 0 Å². The minimum Gasteiger partial charge on any atom is -0.332 e. The van der Waals surface area contributed by atoms with Gasteiger partial charge in [-0.1, -0.05) is 22.8 Å². The fourth-order valence-electron chi connectivity index (χ4n) is 1.64. The third kappa shape index (κ3) is 1.83. The average Bonchev–Trinajstić information content (AvgIpc) is 3.07. The van der Waals surface area contributed by atoms with E-state index in [0.717, 1.165) is 4.88 Å². The molecule has 3 rings (SSSR count). The summed E-state index contributed by atoms with van der Waals surface area (Å²) in [6.45, 7) is 2.67. The van der Waals surface area contributed by atoms with Crippen LogP contribution in [-0.4, -0.2) is 19.9 Å². The maximum Gasteiger partial charge on any atom is 0.278 e. The molecule has 0 N–H and O–H groups in total. The Morgan fingerprint density at radius 2 is 2.39 bits per heavy atom. The van der Waals surface area contributed by atoms with E-state index in [0.29, 0.717) is 29.0 Å². The van der Waals surface area contributed by atoms with Crippen LogP contribution in [0.2, 0.25) is 5.02 Å². The number of hydrogen-bond donors (Lipinski definition) is 0. The van der Waals surface area contributed by atoms with Crippen molar-refractivity contribution in [2.45, 2.75) is 13.5 Å². The highest BCUT2D eigenvalue weighted by Crippen LogP contribution is 2.29. The Labute approximate surface area is 112 Å². The van der Waals surface area contributed by atoms with E-state index in [1.807, 2.05) is 24.4 Å². The lowest BCUT2D eigenvalue weighted by molar-refractivity contribution is 0.427. The second kappa shape index (κ2) is 4.55. The summed E-state index contributed by atoms with van der Waals surface area (Å²) in [6, 6.07) is 3.89. The maximum absolute atomic E-state index is 6.08. The van der Waals surface area contributed by atoms with E-state index in [1.165, 1.54) is 0 Å². The Morgan fingerprint density at radius 1 is 1.50 bits per heavy atom. The minimum absolute atomic E-state index is 0.391. The van der Waals surface area contributed by atoms with Gasteiger partial charge in [0.15, 0.2) is 0 Å². The van der Waals surface area contributed by atoms with Crippen LogP contribution in [0.1, 0.15) is 6.92 Å². The van der Waals surface area contributed by atoms with Gasteiger partial charge in [-0.2, -0.15) is 10.1 Å².